The molecule has 1 aliphatic carbocycles. The van der Waals surface area contributed by atoms with Gasteiger partial charge in [0.1, 0.15) is 17.7 Å². The van der Waals surface area contributed by atoms with E-state index in [2.05, 4.69) is 14.9 Å². The van der Waals surface area contributed by atoms with E-state index in [-0.39, 0.29) is 17.9 Å². The van der Waals surface area contributed by atoms with Gasteiger partial charge in [-0.05, 0) is 31.0 Å². The normalized spacial score (nSPS) is 23.3. The number of alkyl halides is 3. The second-order valence-electron chi connectivity index (χ2n) is 8.63. The van der Waals surface area contributed by atoms with Crippen molar-refractivity contribution in [3.8, 4) is 11.6 Å². The molecule has 1 saturated carbocycles. The Morgan fingerprint density at radius 2 is 1.91 bits per heavy atom. The van der Waals surface area contributed by atoms with Gasteiger partial charge in [-0.1, -0.05) is 0 Å². The summed E-state index contributed by atoms with van der Waals surface area (Å²) < 4.78 is 63.2. The minimum atomic E-state index is -4.88. The van der Waals surface area contributed by atoms with Crippen LogP contribution >= 0.6 is 0 Å². The summed E-state index contributed by atoms with van der Waals surface area (Å²) in [4.78, 5) is 24.9. The zero-order valence-corrected chi connectivity index (χ0v) is 17.6. The van der Waals surface area contributed by atoms with Crippen LogP contribution in [0.15, 0.2) is 30.6 Å². The first-order valence-corrected chi connectivity index (χ1v) is 10.8. The maximum Gasteiger partial charge on any atom is 0.419 e. The molecule has 2 aliphatic heterocycles. The third kappa shape index (κ3) is 4.87. The van der Waals surface area contributed by atoms with Crippen LogP contribution in [0.3, 0.4) is 0 Å². The predicted octanol–water partition coefficient (Wildman–Crippen LogP) is 3.85. The summed E-state index contributed by atoms with van der Waals surface area (Å²) in [5.74, 6) is -0.776. The van der Waals surface area contributed by atoms with Crippen molar-refractivity contribution in [3.05, 3.63) is 47.7 Å². The number of halogens is 4. The van der Waals surface area contributed by atoms with Crippen molar-refractivity contribution < 1.29 is 31.8 Å². The minimum absolute atomic E-state index is 0.0361. The Bertz CT molecular complexity index is 1030. The van der Waals surface area contributed by atoms with Crippen LogP contribution in [0.1, 0.15) is 36.4 Å². The molecule has 3 heterocycles. The largest absolute Gasteiger partial charge is 0.472 e. The molecule has 2 aromatic rings. The molecule has 2 saturated heterocycles. The SMILES string of the molecule is O=C(Oc1ccc(F)c(C(F)(F)F)c1)N1CCN2C[C@H](Oc3cnc(C4CC4)cn3)C[C@H]2C1. The van der Waals surface area contributed by atoms with Crippen molar-refractivity contribution in [3.63, 3.8) is 0 Å². The monoisotopic (exact) mass is 466 g/mol. The first-order valence-electron chi connectivity index (χ1n) is 10.8. The first kappa shape index (κ1) is 21.9. The minimum Gasteiger partial charge on any atom is -0.472 e. The molecule has 0 radical (unpaired) electrons. The summed E-state index contributed by atoms with van der Waals surface area (Å²) >= 11 is 0. The van der Waals surface area contributed by atoms with Crippen LogP contribution in [0.25, 0.3) is 0 Å². The fourth-order valence-electron chi connectivity index (χ4n) is 4.35. The van der Waals surface area contributed by atoms with Crippen molar-refractivity contribution in [2.45, 2.75) is 43.5 Å². The molecule has 0 N–H and O–H groups in total. The third-order valence-corrected chi connectivity index (χ3v) is 6.22. The summed E-state index contributed by atoms with van der Waals surface area (Å²) in [7, 11) is 0. The quantitative estimate of drug-likeness (QED) is 0.638. The van der Waals surface area contributed by atoms with Crippen LogP contribution in [0.5, 0.6) is 11.6 Å². The standard InChI is InChI=1S/C22H22F4N4O3/c23-18-4-3-15(8-17(18)22(24,25)26)33-21(31)30-6-5-29-12-16(7-14(29)11-30)32-20-10-27-19(9-28-20)13-1-2-13/h3-4,8-10,13-14,16H,1-2,5-7,11-12H2/t14-,16+/m0/s1. The van der Waals surface area contributed by atoms with Crippen LogP contribution in [-0.2, 0) is 6.18 Å². The van der Waals surface area contributed by atoms with Gasteiger partial charge in [0.05, 0.1) is 23.7 Å². The van der Waals surface area contributed by atoms with Crippen molar-refractivity contribution in [1.82, 2.24) is 19.8 Å². The highest BCUT2D eigenvalue weighted by Gasteiger charge is 2.39. The number of aromatic nitrogens is 2. The summed E-state index contributed by atoms with van der Waals surface area (Å²) in [6, 6.07) is 2.18. The maximum atomic E-state index is 13.5. The molecule has 7 nitrogen and oxygen atoms in total. The van der Waals surface area contributed by atoms with E-state index in [0.29, 0.717) is 56.5 Å². The number of carbonyl (C=O) groups excluding carboxylic acids is 1. The van der Waals surface area contributed by atoms with Gasteiger partial charge in [-0.25, -0.2) is 14.2 Å². The highest BCUT2D eigenvalue weighted by Crippen LogP contribution is 2.39. The Morgan fingerprint density at radius 1 is 1.09 bits per heavy atom. The Kier molecular flexibility index (Phi) is 5.59. The Balaban J connectivity index is 1.16. The van der Waals surface area contributed by atoms with Gasteiger partial charge < -0.3 is 14.4 Å². The van der Waals surface area contributed by atoms with Gasteiger partial charge in [0.25, 0.3) is 0 Å². The van der Waals surface area contributed by atoms with E-state index >= 15 is 0 Å². The average molecular weight is 466 g/mol. The number of nitrogens with zero attached hydrogens (tertiary/aromatic N) is 4. The van der Waals surface area contributed by atoms with Crippen LogP contribution < -0.4 is 9.47 Å². The highest BCUT2D eigenvalue weighted by atomic mass is 19.4. The lowest BCUT2D eigenvalue weighted by molar-refractivity contribution is -0.140. The number of benzene rings is 1. The topological polar surface area (TPSA) is 67.8 Å². The molecular formula is C22H22F4N4O3. The lowest BCUT2D eigenvalue weighted by Gasteiger charge is -2.36. The molecule has 1 amide bonds. The second-order valence-corrected chi connectivity index (χ2v) is 8.63. The van der Waals surface area contributed by atoms with Gasteiger partial charge in [-0.3, -0.25) is 9.88 Å². The molecule has 176 valence electrons. The molecule has 33 heavy (non-hydrogen) atoms. The molecule has 11 heteroatoms. The fraction of sp³-hybridized carbons (Fsp3) is 0.500. The Morgan fingerprint density at radius 3 is 2.61 bits per heavy atom. The number of amides is 1. The van der Waals surface area contributed by atoms with E-state index in [1.807, 2.05) is 0 Å². The molecule has 3 aliphatic rings. The van der Waals surface area contributed by atoms with E-state index in [9.17, 15) is 22.4 Å². The number of carbonyl (C=O) groups is 1. The van der Waals surface area contributed by atoms with E-state index < -0.39 is 23.7 Å². The first-order chi connectivity index (χ1) is 15.8. The van der Waals surface area contributed by atoms with E-state index in [1.54, 1.807) is 12.4 Å². The van der Waals surface area contributed by atoms with Gasteiger partial charge >= 0.3 is 12.3 Å². The zero-order chi connectivity index (χ0) is 23.2. The molecule has 1 aromatic heterocycles. The molecule has 0 spiro atoms. The van der Waals surface area contributed by atoms with Gasteiger partial charge in [-0.2, -0.15) is 13.2 Å². The average Bonchev–Trinajstić information content (AvgIpc) is 3.54. The predicted molar refractivity (Wildman–Crippen MR) is 107 cm³/mol. The second kappa shape index (κ2) is 8.44. The van der Waals surface area contributed by atoms with Crippen LogP contribution in [0.4, 0.5) is 22.4 Å². The lowest BCUT2D eigenvalue weighted by atomic mass is 10.1. The number of fused-ring (bicyclic) bond motifs is 1. The molecule has 0 bridgehead atoms. The van der Waals surface area contributed by atoms with E-state index in [4.69, 9.17) is 9.47 Å². The Labute approximate surface area is 187 Å². The molecule has 2 atom stereocenters. The smallest absolute Gasteiger partial charge is 0.419 e. The highest BCUT2D eigenvalue weighted by molar-refractivity contribution is 5.71. The lowest BCUT2D eigenvalue weighted by Crippen LogP contribution is -2.52. The molecular weight excluding hydrogens is 444 g/mol. The zero-order valence-electron chi connectivity index (χ0n) is 17.6. The maximum absolute atomic E-state index is 13.5. The molecule has 3 fully saturated rings. The van der Waals surface area contributed by atoms with Crippen molar-refractivity contribution in [2.75, 3.05) is 26.2 Å². The van der Waals surface area contributed by atoms with Crippen molar-refractivity contribution in [1.29, 1.82) is 0 Å². The summed E-state index contributed by atoms with van der Waals surface area (Å²) in [5, 5.41) is 0. The summed E-state index contributed by atoms with van der Waals surface area (Å²) in [6.45, 7) is 2.00. The van der Waals surface area contributed by atoms with Gasteiger partial charge in [0.2, 0.25) is 5.88 Å². The fourth-order valence-corrected chi connectivity index (χ4v) is 4.35. The number of hydrogen-bond donors (Lipinski definition) is 0. The third-order valence-electron chi connectivity index (χ3n) is 6.22. The number of ether oxygens (including phenoxy) is 2. The van der Waals surface area contributed by atoms with E-state index in [1.165, 1.54) is 4.90 Å². The van der Waals surface area contributed by atoms with Gasteiger partial charge in [0.15, 0.2) is 0 Å². The van der Waals surface area contributed by atoms with Crippen LogP contribution in [0, 0.1) is 5.82 Å². The van der Waals surface area contributed by atoms with Crippen LogP contribution in [0.2, 0.25) is 0 Å². The van der Waals surface area contributed by atoms with Gasteiger partial charge in [-0.15, -0.1) is 0 Å². The van der Waals surface area contributed by atoms with Crippen molar-refractivity contribution in [2.24, 2.45) is 0 Å². The number of piperazine rings is 1. The van der Waals surface area contributed by atoms with Crippen LogP contribution in [-0.4, -0.2) is 64.2 Å². The molecule has 5 rings (SSSR count). The number of hydrogen-bond acceptors (Lipinski definition) is 6. The summed E-state index contributed by atoms with van der Waals surface area (Å²) in [5.41, 5.74) is -0.481. The Hall–Kier alpha value is -2.95. The molecule has 0 unspecified atom stereocenters. The number of rotatable bonds is 4. The van der Waals surface area contributed by atoms with E-state index in [0.717, 1.165) is 24.6 Å². The van der Waals surface area contributed by atoms with Gasteiger partial charge in [0, 0.05) is 44.6 Å². The molecule has 1 aromatic carbocycles. The summed E-state index contributed by atoms with van der Waals surface area (Å²) in [6.07, 6.45) is 0.637. The van der Waals surface area contributed by atoms with Crippen molar-refractivity contribution >= 4 is 6.09 Å².